The van der Waals surface area contributed by atoms with Crippen LogP contribution in [0.2, 0.25) is 0 Å². The molecule has 1 amide bonds. The number of furan rings is 1. The maximum Gasteiger partial charge on any atom is 0.270 e. The Morgan fingerprint density at radius 1 is 1.07 bits per heavy atom. The van der Waals surface area contributed by atoms with Crippen molar-refractivity contribution in [2.75, 3.05) is 0 Å². The molecule has 9 heteroatoms. The van der Waals surface area contributed by atoms with E-state index in [2.05, 4.69) is 15.5 Å². The molecule has 148 valence electrons. The van der Waals surface area contributed by atoms with E-state index in [-0.39, 0.29) is 11.6 Å². The molecular weight excluding hydrogens is 404 g/mol. The van der Waals surface area contributed by atoms with E-state index in [1.54, 1.807) is 36.6 Å². The molecule has 1 fully saturated rings. The number of nitrogens with one attached hydrogen (secondary N) is 1. The van der Waals surface area contributed by atoms with E-state index in [4.69, 9.17) is 4.42 Å². The van der Waals surface area contributed by atoms with Crippen LogP contribution in [0.25, 0.3) is 17.4 Å². The molecule has 0 atom stereocenters. The lowest BCUT2D eigenvalue weighted by atomic mass is 10.1. The smallest absolute Gasteiger partial charge is 0.270 e. The number of carbonyl (C=O) groups excluding carboxylic acids is 1. The fourth-order valence-electron chi connectivity index (χ4n) is 2.65. The molecule has 0 unspecified atom stereocenters. The van der Waals surface area contributed by atoms with Gasteiger partial charge in [-0.15, -0.1) is 5.10 Å². The van der Waals surface area contributed by atoms with Crippen LogP contribution >= 0.6 is 11.8 Å². The molecule has 1 saturated heterocycles. The molecule has 1 N–H and O–H groups in total. The highest BCUT2D eigenvalue weighted by molar-refractivity contribution is 8.18. The first-order chi connectivity index (χ1) is 14.6. The quantitative estimate of drug-likeness (QED) is 0.285. The third-order valence-corrected chi connectivity index (χ3v) is 4.95. The van der Waals surface area contributed by atoms with Gasteiger partial charge in [0.1, 0.15) is 11.5 Å². The van der Waals surface area contributed by atoms with Crippen LogP contribution in [0.5, 0.6) is 0 Å². The van der Waals surface area contributed by atoms with Gasteiger partial charge < -0.3 is 4.42 Å². The van der Waals surface area contributed by atoms with Crippen LogP contribution in [0.15, 0.2) is 86.3 Å². The van der Waals surface area contributed by atoms with Crippen molar-refractivity contribution in [3.63, 3.8) is 0 Å². The normalized spacial score (nSPS) is 16.5. The van der Waals surface area contributed by atoms with Crippen LogP contribution in [0.4, 0.5) is 5.69 Å². The molecule has 8 nitrogen and oxygen atoms in total. The molecule has 1 aliphatic heterocycles. The van der Waals surface area contributed by atoms with Crippen molar-refractivity contribution >= 4 is 40.8 Å². The van der Waals surface area contributed by atoms with Gasteiger partial charge in [0.05, 0.1) is 16.0 Å². The zero-order valence-electron chi connectivity index (χ0n) is 15.4. The summed E-state index contributed by atoms with van der Waals surface area (Å²) in [4.78, 5) is 23.1. The number of benzene rings is 2. The summed E-state index contributed by atoms with van der Waals surface area (Å²) >= 11 is 1.15. The number of nitro benzene ring substituents is 1. The third-order valence-electron chi connectivity index (χ3n) is 4.05. The molecule has 30 heavy (non-hydrogen) atoms. The summed E-state index contributed by atoms with van der Waals surface area (Å²) in [6.45, 7) is 0. The molecule has 3 aromatic rings. The highest BCUT2D eigenvalue weighted by atomic mass is 32.2. The first-order valence-corrected chi connectivity index (χ1v) is 9.62. The zero-order valence-corrected chi connectivity index (χ0v) is 16.2. The number of hydrogen-bond acceptors (Lipinski definition) is 7. The Labute approximate surface area is 175 Å². The fraction of sp³-hybridized carbons (Fsp3) is 0. The monoisotopic (exact) mass is 418 g/mol. The lowest BCUT2D eigenvalue weighted by Crippen LogP contribution is -2.19. The maximum absolute atomic E-state index is 12.2. The van der Waals surface area contributed by atoms with Gasteiger partial charge in [0.2, 0.25) is 0 Å². The summed E-state index contributed by atoms with van der Waals surface area (Å²) in [5.41, 5.74) is 1.46. The Balaban J connectivity index is 1.48. The minimum Gasteiger partial charge on any atom is -0.457 e. The van der Waals surface area contributed by atoms with Crippen LogP contribution < -0.4 is 5.32 Å². The van der Waals surface area contributed by atoms with Crippen LogP contribution in [0.1, 0.15) is 11.3 Å². The van der Waals surface area contributed by atoms with E-state index in [0.717, 1.165) is 17.3 Å². The van der Waals surface area contributed by atoms with Crippen molar-refractivity contribution in [1.82, 2.24) is 5.32 Å². The van der Waals surface area contributed by atoms with Crippen LogP contribution in [0, 0.1) is 10.1 Å². The number of nitro groups is 1. The summed E-state index contributed by atoms with van der Waals surface area (Å²) in [5, 5.41) is 22.0. The summed E-state index contributed by atoms with van der Waals surface area (Å²) in [5.74, 6) is 0.612. The van der Waals surface area contributed by atoms with Crippen molar-refractivity contribution in [1.29, 1.82) is 0 Å². The Hall–Kier alpha value is -3.98. The van der Waals surface area contributed by atoms with Crippen LogP contribution in [0.3, 0.4) is 0 Å². The highest BCUT2D eigenvalue weighted by Gasteiger charge is 2.24. The van der Waals surface area contributed by atoms with Gasteiger partial charge in [0, 0.05) is 23.8 Å². The van der Waals surface area contributed by atoms with Crippen molar-refractivity contribution < 1.29 is 14.1 Å². The lowest BCUT2D eigenvalue weighted by Gasteiger charge is -1.97. The number of rotatable bonds is 5. The molecule has 0 aliphatic carbocycles. The van der Waals surface area contributed by atoms with E-state index < -0.39 is 4.92 Å². The second-order valence-electron chi connectivity index (χ2n) is 6.13. The van der Waals surface area contributed by atoms with Gasteiger partial charge in [-0.05, 0) is 29.5 Å². The molecular formula is C21H14N4O4S. The Morgan fingerprint density at radius 2 is 1.90 bits per heavy atom. The van der Waals surface area contributed by atoms with Gasteiger partial charge >= 0.3 is 0 Å². The number of thioether (sulfide) groups is 1. The first kappa shape index (κ1) is 19.3. The third kappa shape index (κ3) is 4.53. The second-order valence-corrected chi connectivity index (χ2v) is 7.17. The summed E-state index contributed by atoms with van der Waals surface area (Å²) < 4.78 is 5.73. The molecule has 0 radical (unpaired) electrons. The highest BCUT2D eigenvalue weighted by Crippen LogP contribution is 2.30. The average Bonchev–Trinajstić information content (AvgIpc) is 3.36. The summed E-state index contributed by atoms with van der Waals surface area (Å²) in [7, 11) is 0. The van der Waals surface area contributed by atoms with Crippen LogP contribution in [-0.4, -0.2) is 22.2 Å². The fourth-order valence-corrected chi connectivity index (χ4v) is 3.41. The number of hydrogen-bond donors (Lipinski definition) is 1. The molecule has 0 bridgehead atoms. The van der Waals surface area contributed by atoms with Gasteiger partial charge in [0.15, 0.2) is 5.17 Å². The standard InChI is InChI=1S/C21H14N4O4S/c26-20-19(30-21(23-20)24-22-13-14-5-2-1-3-6-14)12-17-9-10-18(29-17)15-7-4-8-16(11-15)25(27)28/h1-13H,(H,23,24,26)/b19-12+,22-13+. The molecule has 1 aromatic heterocycles. The molecule has 2 heterocycles. The van der Waals surface area contributed by atoms with E-state index in [1.807, 2.05) is 30.3 Å². The van der Waals surface area contributed by atoms with E-state index in [9.17, 15) is 14.9 Å². The first-order valence-electron chi connectivity index (χ1n) is 8.80. The maximum atomic E-state index is 12.2. The van der Waals surface area contributed by atoms with Gasteiger partial charge in [-0.1, -0.05) is 42.5 Å². The van der Waals surface area contributed by atoms with E-state index in [0.29, 0.717) is 27.2 Å². The minimum atomic E-state index is -0.462. The van der Waals surface area contributed by atoms with Gasteiger partial charge in [-0.25, -0.2) is 0 Å². The van der Waals surface area contributed by atoms with Crippen molar-refractivity contribution in [2.45, 2.75) is 0 Å². The Bertz CT molecular complexity index is 1200. The second kappa shape index (κ2) is 8.58. The van der Waals surface area contributed by atoms with Crippen molar-refractivity contribution in [3.8, 4) is 11.3 Å². The van der Waals surface area contributed by atoms with Crippen molar-refractivity contribution in [2.24, 2.45) is 10.2 Å². The number of nitrogens with zero attached hydrogens (tertiary/aromatic N) is 3. The number of carbonyl (C=O) groups is 1. The molecule has 4 rings (SSSR count). The molecule has 1 aliphatic rings. The topological polar surface area (TPSA) is 110 Å². The Morgan fingerprint density at radius 3 is 2.70 bits per heavy atom. The minimum absolute atomic E-state index is 0.0218. The van der Waals surface area contributed by atoms with Gasteiger partial charge in [0.25, 0.3) is 11.6 Å². The summed E-state index contributed by atoms with van der Waals surface area (Å²) in [6, 6.07) is 19.0. The van der Waals surface area contributed by atoms with Crippen LogP contribution in [-0.2, 0) is 4.79 Å². The summed E-state index contributed by atoms with van der Waals surface area (Å²) in [6.07, 6.45) is 3.18. The van der Waals surface area contributed by atoms with Gasteiger partial charge in [-0.3, -0.25) is 20.2 Å². The van der Waals surface area contributed by atoms with Gasteiger partial charge in [-0.2, -0.15) is 5.10 Å². The molecule has 2 aromatic carbocycles. The lowest BCUT2D eigenvalue weighted by molar-refractivity contribution is -0.384. The van der Waals surface area contributed by atoms with E-state index >= 15 is 0 Å². The zero-order chi connectivity index (χ0) is 20.9. The number of amides is 1. The molecule has 0 spiro atoms. The molecule has 0 saturated carbocycles. The average molecular weight is 418 g/mol. The van der Waals surface area contributed by atoms with Crippen molar-refractivity contribution in [3.05, 3.63) is 93.1 Å². The van der Waals surface area contributed by atoms with E-state index in [1.165, 1.54) is 12.1 Å². The number of amidine groups is 1. The predicted molar refractivity (Wildman–Crippen MR) is 116 cm³/mol. The number of non-ortho nitro benzene ring substituents is 1. The largest absolute Gasteiger partial charge is 0.457 e. The SMILES string of the molecule is O=C1N/C(=N\N=C\c2ccccc2)S/C1=C/c1ccc(-c2cccc([N+](=O)[O-])c2)o1. The predicted octanol–water partition coefficient (Wildman–Crippen LogP) is 4.45. The Kier molecular flexibility index (Phi) is 5.53.